The number of halogens is 2. The molecular formula is C27H16Cl2NO2. The van der Waals surface area contributed by atoms with E-state index in [1.165, 1.54) is 17.0 Å². The van der Waals surface area contributed by atoms with Crippen molar-refractivity contribution in [3.05, 3.63) is 141 Å². The minimum atomic E-state index is -0.420. The monoisotopic (exact) mass is 456 g/mol. The molecule has 0 aliphatic carbocycles. The summed E-state index contributed by atoms with van der Waals surface area (Å²) < 4.78 is 0. The van der Waals surface area contributed by atoms with Gasteiger partial charge < -0.3 is 0 Å². The van der Waals surface area contributed by atoms with Crippen molar-refractivity contribution >= 4 is 40.7 Å². The van der Waals surface area contributed by atoms with Gasteiger partial charge in [-0.15, -0.1) is 0 Å². The predicted molar refractivity (Wildman–Crippen MR) is 127 cm³/mol. The number of rotatable bonds is 4. The van der Waals surface area contributed by atoms with Crippen molar-refractivity contribution < 1.29 is 9.59 Å². The quantitative estimate of drug-likeness (QED) is 0.249. The maximum atomic E-state index is 13.3. The molecule has 1 radical (unpaired) electrons. The lowest BCUT2D eigenvalue weighted by Crippen LogP contribution is -2.31. The fraction of sp³-hybridized carbons (Fsp3) is 0. The van der Waals surface area contributed by atoms with Gasteiger partial charge in [0.25, 0.3) is 11.8 Å². The summed E-state index contributed by atoms with van der Waals surface area (Å²) >= 11 is 12.2. The average Bonchev–Trinajstić information content (AvgIpc) is 3.05. The van der Waals surface area contributed by atoms with Crippen molar-refractivity contribution in [3.8, 4) is 0 Å². The van der Waals surface area contributed by atoms with E-state index in [9.17, 15) is 9.59 Å². The summed E-state index contributed by atoms with van der Waals surface area (Å²) in [6.45, 7) is 0. The molecule has 155 valence electrons. The first-order chi connectivity index (χ1) is 15.6. The third-order valence-corrected chi connectivity index (χ3v) is 6.19. The van der Waals surface area contributed by atoms with E-state index in [4.69, 9.17) is 23.2 Å². The number of para-hydroxylation sites is 1. The molecule has 0 atom stereocenters. The molecule has 4 aromatic carbocycles. The highest BCUT2D eigenvalue weighted by Crippen LogP contribution is 2.40. The third-order valence-electron chi connectivity index (χ3n) is 5.47. The number of nitrogens with zero attached hydrogens (tertiary/aromatic N) is 1. The number of imide groups is 1. The van der Waals surface area contributed by atoms with Crippen LogP contribution in [0.4, 0.5) is 5.69 Å². The molecule has 0 spiro atoms. The molecule has 0 saturated carbocycles. The van der Waals surface area contributed by atoms with Crippen LogP contribution in [0.3, 0.4) is 0 Å². The van der Waals surface area contributed by atoms with Crippen molar-refractivity contribution in [2.24, 2.45) is 0 Å². The SMILES string of the molecule is O=C1c2cc(Cl)c(Cl)cc2C(=O)N1c1ccccc1[C](c1ccccc1)c1ccccc1. The van der Waals surface area contributed by atoms with Crippen molar-refractivity contribution in [1.82, 2.24) is 0 Å². The van der Waals surface area contributed by atoms with E-state index in [1.54, 1.807) is 6.07 Å². The maximum Gasteiger partial charge on any atom is 0.266 e. The van der Waals surface area contributed by atoms with Crippen LogP contribution in [-0.4, -0.2) is 11.8 Å². The van der Waals surface area contributed by atoms with Crippen LogP contribution >= 0.6 is 23.2 Å². The molecule has 3 nitrogen and oxygen atoms in total. The summed E-state index contributed by atoms with van der Waals surface area (Å²) in [5, 5.41) is 0.477. The van der Waals surface area contributed by atoms with Crippen LogP contribution in [0, 0.1) is 5.92 Å². The second kappa shape index (κ2) is 8.27. The summed E-state index contributed by atoms with van der Waals surface area (Å²) in [5.74, 6) is 0.0856. The van der Waals surface area contributed by atoms with Gasteiger partial charge in [0.1, 0.15) is 0 Å². The van der Waals surface area contributed by atoms with Crippen LogP contribution in [0.25, 0.3) is 0 Å². The fourth-order valence-electron chi connectivity index (χ4n) is 4.02. The largest absolute Gasteiger partial charge is 0.268 e. The van der Waals surface area contributed by atoms with Crippen molar-refractivity contribution in [2.75, 3.05) is 4.90 Å². The average molecular weight is 457 g/mol. The van der Waals surface area contributed by atoms with Gasteiger partial charge >= 0.3 is 0 Å². The second-order valence-corrected chi connectivity index (χ2v) is 8.20. The van der Waals surface area contributed by atoms with Crippen molar-refractivity contribution in [1.29, 1.82) is 0 Å². The van der Waals surface area contributed by atoms with E-state index < -0.39 is 11.8 Å². The van der Waals surface area contributed by atoms with E-state index in [-0.39, 0.29) is 21.2 Å². The number of anilines is 1. The first-order valence-corrected chi connectivity index (χ1v) is 10.8. The molecule has 0 saturated heterocycles. The zero-order valence-corrected chi connectivity index (χ0v) is 18.3. The lowest BCUT2D eigenvalue weighted by Gasteiger charge is -2.24. The lowest BCUT2D eigenvalue weighted by molar-refractivity contribution is 0.0926. The number of hydrogen-bond acceptors (Lipinski definition) is 2. The van der Waals surface area contributed by atoms with Crippen LogP contribution in [0.2, 0.25) is 10.0 Å². The van der Waals surface area contributed by atoms with Gasteiger partial charge in [-0.2, -0.15) is 0 Å². The topological polar surface area (TPSA) is 37.4 Å². The van der Waals surface area contributed by atoms with Crippen LogP contribution in [0.1, 0.15) is 37.4 Å². The number of carbonyl (C=O) groups is 2. The number of amides is 2. The molecule has 0 bridgehead atoms. The number of carbonyl (C=O) groups excluding carboxylic acids is 2. The molecule has 0 fully saturated rings. The Kier molecular flexibility index (Phi) is 5.30. The molecule has 1 aliphatic rings. The minimum absolute atomic E-state index is 0.238. The Morgan fingerprint density at radius 3 is 1.53 bits per heavy atom. The van der Waals surface area contributed by atoms with Gasteiger partial charge in [0.15, 0.2) is 0 Å². The molecule has 2 amide bonds. The number of benzene rings is 4. The Balaban J connectivity index is 1.69. The van der Waals surface area contributed by atoms with E-state index in [2.05, 4.69) is 0 Å². The molecule has 1 aliphatic heterocycles. The Morgan fingerprint density at radius 2 is 1.03 bits per heavy atom. The van der Waals surface area contributed by atoms with Crippen LogP contribution in [0.5, 0.6) is 0 Å². The predicted octanol–water partition coefficient (Wildman–Crippen LogP) is 6.81. The summed E-state index contributed by atoms with van der Waals surface area (Å²) in [5.41, 5.74) is 3.74. The smallest absolute Gasteiger partial charge is 0.266 e. The normalized spacial score (nSPS) is 13.0. The van der Waals surface area contributed by atoms with Crippen molar-refractivity contribution in [2.45, 2.75) is 0 Å². The molecule has 5 heteroatoms. The molecular weight excluding hydrogens is 441 g/mol. The first-order valence-electron chi connectivity index (χ1n) is 10.0. The molecule has 0 unspecified atom stereocenters. The number of fused-ring (bicyclic) bond motifs is 1. The van der Waals surface area contributed by atoms with Gasteiger partial charge in [-0.3, -0.25) is 9.59 Å². The van der Waals surface area contributed by atoms with E-state index in [0.717, 1.165) is 22.6 Å². The molecule has 1 heterocycles. The molecule has 0 N–H and O–H groups in total. The summed E-state index contributed by atoms with van der Waals surface area (Å²) in [6, 6.07) is 30.2. The minimum Gasteiger partial charge on any atom is -0.268 e. The van der Waals surface area contributed by atoms with Gasteiger partial charge in [-0.25, -0.2) is 4.90 Å². The van der Waals surface area contributed by atoms with Gasteiger partial charge in [0.2, 0.25) is 0 Å². The highest BCUT2D eigenvalue weighted by molar-refractivity contribution is 6.44. The fourth-order valence-corrected chi connectivity index (χ4v) is 4.35. The van der Waals surface area contributed by atoms with E-state index in [0.29, 0.717) is 5.69 Å². The zero-order valence-electron chi connectivity index (χ0n) is 16.8. The Hall–Kier alpha value is -3.40. The van der Waals surface area contributed by atoms with Crippen LogP contribution in [-0.2, 0) is 0 Å². The molecule has 5 rings (SSSR count). The maximum absolute atomic E-state index is 13.3. The molecule has 32 heavy (non-hydrogen) atoms. The Labute approximate surface area is 195 Å². The Morgan fingerprint density at radius 1 is 0.594 bits per heavy atom. The van der Waals surface area contributed by atoms with Crippen molar-refractivity contribution in [3.63, 3.8) is 0 Å². The first kappa shape index (κ1) is 20.5. The van der Waals surface area contributed by atoms with Gasteiger partial charge in [-0.1, -0.05) is 102 Å². The standard InChI is InChI=1S/C27H16Cl2NO2/c28-22-15-20-21(16-23(22)29)27(32)30(26(20)31)24-14-8-7-13-19(24)25(17-9-3-1-4-10-17)18-11-5-2-6-12-18/h1-16H. The summed E-state index contributed by atoms with van der Waals surface area (Å²) in [7, 11) is 0. The number of hydrogen-bond donors (Lipinski definition) is 0. The summed E-state index contributed by atoms with van der Waals surface area (Å²) in [4.78, 5) is 27.8. The van der Waals surface area contributed by atoms with E-state index in [1.807, 2.05) is 78.9 Å². The van der Waals surface area contributed by atoms with Crippen LogP contribution in [0.15, 0.2) is 97.1 Å². The molecule has 4 aromatic rings. The third kappa shape index (κ3) is 3.40. The van der Waals surface area contributed by atoms with Gasteiger partial charge in [0.05, 0.1) is 32.8 Å². The highest BCUT2D eigenvalue weighted by atomic mass is 35.5. The Bertz CT molecular complexity index is 1260. The highest BCUT2D eigenvalue weighted by Gasteiger charge is 2.39. The van der Waals surface area contributed by atoms with Gasteiger partial charge in [-0.05, 0) is 34.9 Å². The lowest BCUT2D eigenvalue weighted by atomic mass is 9.84. The van der Waals surface area contributed by atoms with E-state index >= 15 is 0 Å². The van der Waals surface area contributed by atoms with Gasteiger partial charge in [0, 0.05) is 0 Å². The summed E-state index contributed by atoms with van der Waals surface area (Å²) in [6.07, 6.45) is 0. The van der Waals surface area contributed by atoms with Crippen LogP contribution < -0.4 is 4.90 Å². The molecule has 0 aromatic heterocycles. The second-order valence-electron chi connectivity index (χ2n) is 7.38. The zero-order chi connectivity index (χ0) is 22.2.